The molecule has 0 saturated carbocycles. The fourth-order valence-electron chi connectivity index (χ4n) is 3.62. The number of guanidine groups is 1. The fraction of sp³-hybridized carbons (Fsp3) is 0.565. The smallest absolute Gasteiger partial charge is 0.246 e. The van der Waals surface area contributed by atoms with Crippen molar-refractivity contribution in [2.45, 2.75) is 46.6 Å². The molecule has 6 nitrogen and oxygen atoms in total. The summed E-state index contributed by atoms with van der Waals surface area (Å²) in [7, 11) is 0. The minimum Gasteiger partial charge on any atom is -0.377 e. The summed E-state index contributed by atoms with van der Waals surface area (Å²) in [6.07, 6.45) is 7.81. The van der Waals surface area contributed by atoms with Crippen LogP contribution in [0.5, 0.6) is 0 Å². The SMILES string of the molecule is C#Cc1cccc(NC(=O)CN=C(NCC)NCC2CCCOC2C(C)(C)C)c1.I. The first-order chi connectivity index (χ1) is 13.8. The maximum absolute atomic E-state index is 12.3. The van der Waals surface area contributed by atoms with Gasteiger partial charge in [0.25, 0.3) is 0 Å². The van der Waals surface area contributed by atoms with Crippen LogP contribution in [-0.4, -0.2) is 44.2 Å². The molecule has 0 bridgehead atoms. The first-order valence-electron chi connectivity index (χ1n) is 10.3. The van der Waals surface area contributed by atoms with E-state index in [4.69, 9.17) is 11.2 Å². The predicted octanol–water partition coefficient (Wildman–Crippen LogP) is 3.62. The molecule has 30 heavy (non-hydrogen) atoms. The molecule has 3 N–H and O–H groups in total. The Morgan fingerprint density at radius 3 is 2.77 bits per heavy atom. The number of carbonyl (C=O) groups excluding carboxylic acids is 1. The Morgan fingerprint density at radius 2 is 2.10 bits per heavy atom. The molecule has 1 amide bonds. The zero-order valence-electron chi connectivity index (χ0n) is 18.5. The van der Waals surface area contributed by atoms with Gasteiger partial charge in [0.15, 0.2) is 5.96 Å². The minimum absolute atomic E-state index is 0. The van der Waals surface area contributed by atoms with E-state index < -0.39 is 0 Å². The summed E-state index contributed by atoms with van der Waals surface area (Å²) >= 11 is 0. The van der Waals surface area contributed by atoms with Crippen molar-refractivity contribution in [3.63, 3.8) is 0 Å². The summed E-state index contributed by atoms with van der Waals surface area (Å²) in [4.78, 5) is 16.7. The van der Waals surface area contributed by atoms with Gasteiger partial charge in [-0.05, 0) is 43.4 Å². The average molecular weight is 526 g/mol. The van der Waals surface area contributed by atoms with E-state index in [1.165, 1.54) is 0 Å². The highest BCUT2D eigenvalue weighted by molar-refractivity contribution is 14.0. The Bertz CT molecular complexity index is 752. The van der Waals surface area contributed by atoms with E-state index in [0.717, 1.165) is 38.1 Å². The third kappa shape index (κ3) is 8.52. The number of rotatable bonds is 6. The molecule has 1 heterocycles. The van der Waals surface area contributed by atoms with Gasteiger partial charge in [0.1, 0.15) is 6.54 Å². The molecule has 1 aromatic carbocycles. The van der Waals surface area contributed by atoms with E-state index in [9.17, 15) is 4.79 Å². The van der Waals surface area contributed by atoms with E-state index >= 15 is 0 Å². The second-order valence-corrected chi connectivity index (χ2v) is 8.41. The van der Waals surface area contributed by atoms with Crippen LogP contribution < -0.4 is 16.0 Å². The van der Waals surface area contributed by atoms with E-state index in [1.807, 2.05) is 25.1 Å². The quantitative estimate of drug-likeness (QED) is 0.229. The summed E-state index contributed by atoms with van der Waals surface area (Å²) in [5, 5.41) is 9.42. The second kappa shape index (κ2) is 12.8. The van der Waals surface area contributed by atoms with Gasteiger partial charge >= 0.3 is 0 Å². The third-order valence-corrected chi connectivity index (χ3v) is 4.87. The fourth-order valence-corrected chi connectivity index (χ4v) is 3.62. The molecular weight excluding hydrogens is 491 g/mol. The summed E-state index contributed by atoms with van der Waals surface area (Å²) < 4.78 is 6.05. The number of halogens is 1. The standard InChI is InChI=1S/C23H34N4O2.HI/c1-6-17-10-8-12-19(14-17)27-20(28)16-26-22(24-7-2)25-15-18-11-9-13-29-21(18)23(3,4)5;/h1,8,10,12,14,18,21H,7,9,11,13,15-16H2,2-5H3,(H,27,28)(H2,24,25,26);1H. The lowest BCUT2D eigenvalue weighted by Crippen LogP contribution is -2.47. The number of carbonyl (C=O) groups is 1. The number of ether oxygens (including phenoxy) is 1. The minimum atomic E-state index is -0.190. The average Bonchev–Trinajstić information content (AvgIpc) is 2.69. The van der Waals surface area contributed by atoms with E-state index in [1.54, 1.807) is 6.07 Å². The highest BCUT2D eigenvalue weighted by Crippen LogP contribution is 2.33. The molecule has 0 spiro atoms. The van der Waals surface area contributed by atoms with Gasteiger partial charge in [-0.3, -0.25) is 4.79 Å². The highest BCUT2D eigenvalue weighted by Gasteiger charge is 2.35. The lowest BCUT2D eigenvalue weighted by molar-refractivity contribution is -0.114. The number of benzene rings is 1. The van der Waals surface area contributed by atoms with Crippen LogP contribution in [0.4, 0.5) is 5.69 Å². The van der Waals surface area contributed by atoms with Crippen molar-refractivity contribution in [2.24, 2.45) is 16.3 Å². The largest absolute Gasteiger partial charge is 0.377 e. The van der Waals surface area contributed by atoms with Crippen LogP contribution in [0.25, 0.3) is 0 Å². The van der Waals surface area contributed by atoms with Crippen LogP contribution in [0.1, 0.15) is 46.1 Å². The topological polar surface area (TPSA) is 74.8 Å². The first-order valence-corrected chi connectivity index (χ1v) is 10.3. The Kier molecular flexibility index (Phi) is 11.2. The summed E-state index contributed by atoms with van der Waals surface area (Å²) in [6.45, 7) is 11.0. The van der Waals surface area contributed by atoms with Crippen LogP contribution in [0.3, 0.4) is 0 Å². The monoisotopic (exact) mass is 526 g/mol. The Hall–Kier alpha value is -1.79. The van der Waals surface area contributed by atoms with Crippen LogP contribution in [-0.2, 0) is 9.53 Å². The normalized spacial score (nSPS) is 19.2. The molecule has 1 fully saturated rings. The molecule has 2 unspecified atom stereocenters. The van der Waals surface area contributed by atoms with Crippen LogP contribution in [0.15, 0.2) is 29.3 Å². The Labute approximate surface area is 198 Å². The maximum Gasteiger partial charge on any atom is 0.246 e. The number of hydrogen-bond donors (Lipinski definition) is 3. The maximum atomic E-state index is 12.3. The number of anilines is 1. The molecule has 0 aliphatic carbocycles. The van der Waals surface area contributed by atoms with E-state index in [2.05, 4.69) is 47.6 Å². The molecular formula is C23H35IN4O2. The van der Waals surface area contributed by atoms with Crippen molar-refractivity contribution in [1.29, 1.82) is 0 Å². The van der Waals surface area contributed by atoms with Gasteiger partial charge in [-0.2, -0.15) is 0 Å². The van der Waals surface area contributed by atoms with Gasteiger partial charge < -0.3 is 20.7 Å². The van der Waals surface area contributed by atoms with Crippen molar-refractivity contribution >= 4 is 41.5 Å². The number of hydrogen-bond acceptors (Lipinski definition) is 3. The lowest BCUT2D eigenvalue weighted by atomic mass is 9.78. The van der Waals surface area contributed by atoms with Crippen molar-refractivity contribution in [3.8, 4) is 12.3 Å². The molecule has 2 rings (SSSR count). The molecule has 7 heteroatoms. The van der Waals surface area contributed by atoms with E-state index in [0.29, 0.717) is 17.6 Å². The number of amides is 1. The molecule has 0 aromatic heterocycles. The van der Waals surface area contributed by atoms with E-state index in [-0.39, 0.29) is 47.9 Å². The van der Waals surface area contributed by atoms with Gasteiger partial charge in [-0.25, -0.2) is 4.99 Å². The lowest BCUT2D eigenvalue weighted by Gasteiger charge is -2.40. The highest BCUT2D eigenvalue weighted by atomic mass is 127. The summed E-state index contributed by atoms with van der Waals surface area (Å²) in [5.41, 5.74) is 1.49. The van der Waals surface area contributed by atoms with Gasteiger partial charge in [-0.1, -0.05) is 32.8 Å². The molecule has 0 radical (unpaired) electrons. The van der Waals surface area contributed by atoms with Gasteiger partial charge in [0, 0.05) is 36.9 Å². The molecule has 1 saturated heterocycles. The van der Waals surface area contributed by atoms with Gasteiger partial charge in [-0.15, -0.1) is 30.4 Å². The molecule has 2 atom stereocenters. The van der Waals surface area contributed by atoms with Gasteiger partial charge in [0.2, 0.25) is 5.91 Å². The van der Waals surface area contributed by atoms with Crippen molar-refractivity contribution in [2.75, 3.05) is 31.6 Å². The Balaban J connectivity index is 0.00000450. The molecule has 1 aliphatic heterocycles. The van der Waals surface area contributed by atoms with Crippen LogP contribution in [0.2, 0.25) is 0 Å². The van der Waals surface area contributed by atoms with Crippen molar-refractivity contribution in [1.82, 2.24) is 10.6 Å². The predicted molar refractivity (Wildman–Crippen MR) is 134 cm³/mol. The second-order valence-electron chi connectivity index (χ2n) is 8.41. The number of aliphatic imine (C=N–C) groups is 1. The van der Waals surface area contributed by atoms with Crippen molar-refractivity contribution < 1.29 is 9.53 Å². The van der Waals surface area contributed by atoms with Crippen LogP contribution in [0, 0.1) is 23.7 Å². The molecule has 1 aromatic rings. The third-order valence-electron chi connectivity index (χ3n) is 4.87. The zero-order chi connectivity index (χ0) is 21.3. The molecule has 1 aliphatic rings. The number of nitrogens with zero attached hydrogens (tertiary/aromatic N) is 1. The summed E-state index contributed by atoms with van der Waals surface area (Å²) in [6, 6.07) is 7.21. The van der Waals surface area contributed by atoms with Crippen LogP contribution >= 0.6 is 24.0 Å². The number of terminal acetylenes is 1. The van der Waals surface area contributed by atoms with Crippen molar-refractivity contribution in [3.05, 3.63) is 29.8 Å². The Morgan fingerprint density at radius 1 is 1.33 bits per heavy atom. The zero-order valence-corrected chi connectivity index (χ0v) is 20.8. The van der Waals surface area contributed by atoms with Gasteiger partial charge in [0.05, 0.1) is 6.10 Å². The summed E-state index contributed by atoms with van der Waals surface area (Å²) in [5.74, 6) is 3.42. The molecule has 166 valence electrons. The number of nitrogens with one attached hydrogen (secondary N) is 3. The first kappa shape index (κ1) is 26.2.